The fraction of sp³-hybridized carbons (Fsp3) is 0.579. The summed E-state index contributed by atoms with van der Waals surface area (Å²) < 4.78 is 19.7. The number of halogens is 1. The quantitative estimate of drug-likeness (QED) is 0.852. The van der Waals surface area contributed by atoms with Crippen LogP contribution in [-0.2, 0) is 9.59 Å². The number of hydrogen-bond acceptors (Lipinski definition) is 3. The number of anilines is 1. The predicted molar refractivity (Wildman–Crippen MR) is 92.9 cm³/mol. The molecule has 3 rings (SSSR count). The van der Waals surface area contributed by atoms with E-state index < -0.39 is 23.2 Å². The molecular weight excluding hydrogens is 323 g/mol. The lowest BCUT2D eigenvalue weighted by Crippen LogP contribution is -2.72. The molecule has 1 aromatic rings. The summed E-state index contributed by atoms with van der Waals surface area (Å²) >= 11 is 0. The molecule has 1 saturated carbocycles. The van der Waals surface area contributed by atoms with Gasteiger partial charge in [-0.2, -0.15) is 0 Å². The van der Waals surface area contributed by atoms with E-state index in [-0.39, 0.29) is 23.0 Å². The number of carbonyl (C=O) groups is 2. The first-order valence-electron chi connectivity index (χ1n) is 8.71. The fourth-order valence-corrected chi connectivity index (χ4v) is 3.04. The van der Waals surface area contributed by atoms with Crippen molar-refractivity contribution in [2.45, 2.75) is 58.6 Å². The van der Waals surface area contributed by atoms with E-state index in [9.17, 15) is 14.0 Å². The summed E-state index contributed by atoms with van der Waals surface area (Å²) in [4.78, 5) is 26.1. The maximum atomic E-state index is 14.1. The molecule has 0 unspecified atom stereocenters. The van der Waals surface area contributed by atoms with E-state index in [0.717, 1.165) is 19.3 Å². The van der Waals surface area contributed by atoms with Crippen molar-refractivity contribution in [2.75, 3.05) is 11.9 Å². The lowest BCUT2D eigenvalue weighted by Gasteiger charge is -2.60. The Labute approximate surface area is 147 Å². The van der Waals surface area contributed by atoms with Gasteiger partial charge in [0.25, 0.3) is 0 Å². The largest absolute Gasteiger partial charge is 0.487 e. The Hall–Kier alpha value is -2.11. The van der Waals surface area contributed by atoms with Gasteiger partial charge in [0.1, 0.15) is 0 Å². The summed E-state index contributed by atoms with van der Waals surface area (Å²) in [5, 5.41) is 2.48. The minimum Gasteiger partial charge on any atom is -0.487 e. The van der Waals surface area contributed by atoms with Crippen LogP contribution in [0.25, 0.3) is 0 Å². The third-order valence-electron chi connectivity index (χ3n) is 5.86. The van der Waals surface area contributed by atoms with Gasteiger partial charge in [-0.25, -0.2) is 4.39 Å². The summed E-state index contributed by atoms with van der Waals surface area (Å²) in [6, 6.07) is 4.22. The second-order valence-electron chi connectivity index (χ2n) is 8.10. The Morgan fingerprint density at radius 2 is 1.92 bits per heavy atom. The molecule has 0 atom stereocenters. The molecule has 5 nitrogen and oxygen atoms in total. The number of nitrogens with one attached hydrogen (secondary N) is 1. The molecule has 1 saturated heterocycles. The van der Waals surface area contributed by atoms with E-state index >= 15 is 0 Å². The van der Waals surface area contributed by atoms with Crippen LogP contribution >= 0.6 is 0 Å². The second kappa shape index (κ2) is 6.00. The van der Waals surface area contributed by atoms with Crippen LogP contribution in [0.3, 0.4) is 0 Å². The number of benzene rings is 1. The number of ether oxygens (including phenoxy) is 1. The minimum absolute atomic E-state index is 0.0461. The van der Waals surface area contributed by atoms with E-state index in [1.165, 1.54) is 12.1 Å². The number of hydrogen-bond donors (Lipinski definition) is 1. The summed E-state index contributed by atoms with van der Waals surface area (Å²) in [5.74, 6) is -1.71. The van der Waals surface area contributed by atoms with Gasteiger partial charge in [-0.3, -0.25) is 9.59 Å². The zero-order valence-corrected chi connectivity index (χ0v) is 15.2. The number of likely N-dealkylation sites (tertiary alicyclic amines) is 1. The van der Waals surface area contributed by atoms with Gasteiger partial charge in [-0.05, 0) is 45.2 Å². The molecule has 2 amide bonds. The molecule has 0 radical (unpaired) electrons. The first-order valence-corrected chi connectivity index (χ1v) is 8.71. The highest BCUT2D eigenvalue weighted by Gasteiger charge is 2.55. The molecule has 0 spiro atoms. The van der Waals surface area contributed by atoms with Crippen LogP contribution in [0.4, 0.5) is 10.1 Å². The van der Waals surface area contributed by atoms with Gasteiger partial charge in [0.15, 0.2) is 11.6 Å². The van der Waals surface area contributed by atoms with E-state index in [1.54, 1.807) is 11.0 Å². The average molecular weight is 348 g/mol. The van der Waals surface area contributed by atoms with Crippen molar-refractivity contribution in [3.05, 3.63) is 24.0 Å². The highest BCUT2D eigenvalue weighted by atomic mass is 19.1. The third kappa shape index (κ3) is 3.10. The van der Waals surface area contributed by atoms with Gasteiger partial charge in [0.05, 0.1) is 6.10 Å². The molecule has 25 heavy (non-hydrogen) atoms. The maximum Gasteiger partial charge on any atom is 0.313 e. The Balaban J connectivity index is 1.63. The van der Waals surface area contributed by atoms with Crippen molar-refractivity contribution in [3.8, 4) is 5.75 Å². The molecule has 1 aliphatic heterocycles. The predicted octanol–water partition coefficient (Wildman–Crippen LogP) is 3.34. The molecule has 6 heteroatoms. The first-order chi connectivity index (χ1) is 11.6. The van der Waals surface area contributed by atoms with Crippen molar-refractivity contribution < 1.29 is 18.7 Å². The summed E-state index contributed by atoms with van der Waals surface area (Å²) in [7, 11) is 0. The zero-order chi connectivity index (χ0) is 18.4. The maximum absolute atomic E-state index is 14.1. The van der Waals surface area contributed by atoms with Crippen LogP contribution in [0.5, 0.6) is 5.75 Å². The van der Waals surface area contributed by atoms with Crippen LogP contribution in [0.15, 0.2) is 18.2 Å². The van der Waals surface area contributed by atoms with Crippen molar-refractivity contribution in [3.63, 3.8) is 0 Å². The van der Waals surface area contributed by atoms with E-state index in [2.05, 4.69) is 19.2 Å². The Kier molecular flexibility index (Phi) is 4.25. The van der Waals surface area contributed by atoms with Crippen LogP contribution in [0, 0.1) is 11.2 Å². The topological polar surface area (TPSA) is 58.6 Å². The van der Waals surface area contributed by atoms with Crippen molar-refractivity contribution in [1.82, 2.24) is 4.90 Å². The summed E-state index contributed by atoms with van der Waals surface area (Å²) in [5.41, 5.74) is -0.197. The van der Waals surface area contributed by atoms with E-state index in [1.807, 2.05) is 13.8 Å². The molecule has 0 aromatic heterocycles. The average Bonchev–Trinajstić information content (AvgIpc) is 2.49. The van der Waals surface area contributed by atoms with Gasteiger partial charge >= 0.3 is 11.8 Å². The van der Waals surface area contributed by atoms with Crippen molar-refractivity contribution in [1.29, 1.82) is 0 Å². The number of nitrogens with zero attached hydrogens (tertiary/aromatic N) is 1. The van der Waals surface area contributed by atoms with E-state index in [4.69, 9.17) is 4.74 Å². The smallest absolute Gasteiger partial charge is 0.313 e. The first kappa shape index (κ1) is 17.7. The van der Waals surface area contributed by atoms with E-state index in [0.29, 0.717) is 6.54 Å². The summed E-state index contributed by atoms with van der Waals surface area (Å²) in [6.45, 7) is 8.52. The molecule has 1 N–H and O–H groups in total. The standard InChI is InChI=1S/C19H25FN2O3/c1-18(2)11-22(19(18,3)4)17(24)16(23)21-12-8-9-15(14(20)10-12)25-13-6-5-7-13/h8-10,13H,5-7,11H2,1-4H3,(H,21,23). The number of carbonyl (C=O) groups excluding carboxylic acids is 2. The zero-order valence-electron chi connectivity index (χ0n) is 15.2. The molecular formula is C19H25FN2O3. The van der Waals surface area contributed by atoms with Gasteiger partial charge in [-0.1, -0.05) is 13.8 Å². The molecule has 2 aliphatic rings. The van der Waals surface area contributed by atoms with Crippen molar-refractivity contribution >= 4 is 17.5 Å². The van der Waals surface area contributed by atoms with Crippen LogP contribution in [0.2, 0.25) is 0 Å². The molecule has 1 aliphatic carbocycles. The second-order valence-corrected chi connectivity index (χ2v) is 8.10. The molecule has 1 aromatic carbocycles. The highest BCUT2D eigenvalue weighted by Crippen LogP contribution is 2.46. The minimum atomic E-state index is -0.754. The SMILES string of the molecule is CC1(C)CN(C(=O)C(=O)Nc2ccc(OC3CCC3)c(F)c2)C1(C)C. The molecule has 2 fully saturated rings. The normalized spacial score (nSPS) is 21.1. The highest BCUT2D eigenvalue weighted by molar-refractivity contribution is 6.39. The molecule has 136 valence electrons. The lowest BCUT2D eigenvalue weighted by molar-refractivity contribution is -0.170. The third-order valence-corrected chi connectivity index (χ3v) is 5.86. The van der Waals surface area contributed by atoms with Gasteiger partial charge in [0, 0.05) is 29.3 Å². The van der Waals surface area contributed by atoms with Crippen LogP contribution < -0.4 is 10.1 Å². The van der Waals surface area contributed by atoms with Gasteiger partial charge in [0.2, 0.25) is 0 Å². The Bertz CT molecular complexity index is 711. The summed E-state index contributed by atoms with van der Waals surface area (Å²) in [6.07, 6.45) is 3.06. The van der Waals surface area contributed by atoms with Gasteiger partial charge in [-0.15, -0.1) is 0 Å². The molecule has 0 bridgehead atoms. The van der Waals surface area contributed by atoms with Crippen LogP contribution in [0.1, 0.15) is 47.0 Å². The number of rotatable bonds is 3. The molecule has 1 heterocycles. The Morgan fingerprint density at radius 1 is 1.24 bits per heavy atom. The number of amides is 2. The fourth-order valence-electron chi connectivity index (χ4n) is 3.04. The Morgan fingerprint density at radius 3 is 2.40 bits per heavy atom. The van der Waals surface area contributed by atoms with Crippen molar-refractivity contribution in [2.24, 2.45) is 5.41 Å². The van der Waals surface area contributed by atoms with Gasteiger partial charge < -0.3 is 15.0 Å². The lowest BCUT2D eigenvalue weighted by atomic mass is 9.65. The van der Waals surface area contributed by atoms with Crippen LogP contribution in [-0.4, -0.2) is 34.9 Å². The monoisotopic (exact) mass is 348 g/mol.